The van der Waals surface area contributed by atoms with Gasteiger partial charge in [0.25, 0.3) is 11.8 Å². The lowest BCUT2D eigenvalue weighted by atomic mass is 9.93. The van der Waals surface area contributed by atoms with Crippen molar-refractivity contribution < 1.29 is 28.3 Å². The zero-order valence-electron chi connectivity index (χ0n) is 30.9. The maximum Gasteiger partial charge on any atom is 0.262 e. The fourth-order valence-electron chi connectivity index (χ4n) is 9.05. The number of anilines is 3. The van der Waals surface area contributed by atoms with Crippen LogP contribution in [0.2, 0.25) is 0 Å². The smallest absolute Gasteiger partial charge is 0.262 e. The molecule has 1 atom stereocenters. The van der Waals surface area contributed by atoms with Gasteiger partial charge in [-0.05, 0) is 69.3 Å². The zero-order valence-corrected chi connectivity index (χ0v) is 30.9. The lowest BCUT2D eigenvalue weighted by Gasteiger charge is -2.44. The van der Waals surface area contributed by atoms with Gasteiger partial charge in [-0.1, -0.05) is 0 Å². The molecule has 5 aliphatic heterocycles. The maximum atomic E-state index is 15.5. The number of benzene rings is 2. The van der Waals surface area contributed by atoms with Crippen LogP contribution in [0.25, 0.3) is 11.1 Å². The van der Waals surface area contributed by atoms with Crippen molar-refractivity contribution in [3.8, 4) is 16.9 Å². The molecule has 0 bridgehead atoms. The van der Waals surface area contributed by atoms with E-state index < -0.39 is 35.5 Å². The first-order valence-electron chi connectivity index (χ1n) is 19.1. The van der Waals surface area contributed by atoms with Gasteiger partial charge < -0.3 is 25.2 Å². The summed E-state index contributed by atoms with van der Waals surface area (Å²) in [4.78, 5) is 61.0. The van der Waals surface area contributed by atoms with E-state index in [2.05, 4.69) is 31.2 Å². The number of piperidine rings is 3. The van der Waals surface area contributed by atoms with Crippen LogP contribution in [0.3, 0.4) is 0 Å². The van der Waals surface area contributed by atoms with E-state index in [1.165, 1.54) is 6.07 Å². The number of amides is 4. The molecule has 4 saturated heterocycles. The number of rotatable bonds is 8. The van der Waals surface area contributed by atoms with Gasteiger partial charge in [-0.25, -0.2) is 4.39 Å². The number of piperazine rings is 1. The van der Waals surface area contributed by atoms with Crippen LogP contribution in [0.4, 0.5) is 21.5 Å². The highest BCUT2D eigenvalue weighted by molar-refractivity contribution is 6.23. The van der Waals surface area contributed by atoms with Gasteiger partial charge in [0.1, 0.15) is 17.6 Å². The normalized spacial score (nSPS) is 22.3. The van der Waals surface area contributed by atoms with Crippen molar-refractivity contribution in [2.45, 2.75) is 50.6 Å². The number of nitrogens with one attached hydrogen (secondary N) is 1. The number of halogens is 1. The Morgan fingerprint density at radius 1 is 0.833 bits per heavy atom. The molecule has 3 aromatic rings. The Bertz CT molecular complexity index is 1960. The molecule has 286 valence electrons. The number of ether oxygens (including phenoxy) is 1. The molecule has 1 unspecified atom stereocenters. The Balaban J connectivity index is 0.819. The van der Waals surface area contributed by atoms with Gasteiger partial charge in [-0.15, -0.1) is 0 Å². The molecule has 4 amide bonds. The van der Waals surface area contributed by atoms with Crippen LogP contribution in [0.5, 0.6) is 5.75 Å². The molecular weight excluding hydrogens is 693 g/mol. The number of hydrogen-bond acceptors (Lipinski definition) is 11. The lowest BCUT2D eigenvalue weighted by molar-refractivity contribution is -0.136. The standard InChI is InChI=1S/C39H48FN9O5/c1-44-23-25(21-42-44)27-18-31(41)35(54-2)20-33(27)48-15-13-46(14-16-48)26-7-9-45(10-8-26)22-24-5-11-47(12-6-24)34-19-29-28(17-30(34)40)38(52)49(39(29)53)32-3-4-36(50)43-37(32)51/h17-21,23-24,26,32H,3-16,22,41H2,1-2H3,(H,43,50,51). The van der Waals surface area contributed by atoms with Crippen LogP contribution >= 0.6 is 0 Å². The number of nitrogens with zero attached hydrogens (tertiary/aromatic N) is 7. The molecule has 0 saturated carbocycles. The fraction of sp³-hybridized carbons (Fsp3) is 0.513. The van der Waals surface area contributed by atoms with E-state index in [0.29, 0.717) is 42.2 Å². The van der Waals surface area contributed by atoms with Gasteiger partial charge in [-0.2, -0.15) is 5.10 Å². The predicted molar refractivity (Wildman–Crippen MR) is 201 cm³/mol. The summed E-state index contributed by atoms with van der Waals surface area (Å²) < 4.78 is 22.8. The number of aryl methyl sites for hydroxylation is 1. The molecule has 6 heterocycles. The zero-order chi connectivity index (χ0) is 37.7. The summed E-state index contributed by atoms with van der Waals surface area (Å²) in [5.41, 5.74) is 10.5. The van der Waals surface area contributed by atoms with Crippen LogP contribution in [0, 0.1) is 11.7 Å². The average Bonchev–Trinajstić information content (AvgIpc) is 3.71. The third-order valence-electron chi connectivity index (χ3n) is 12.1. The van der Waals surface area contributed by atoms with E-state index in [-0.39, 0.29) is 24.0 Å². The number of carbonyl (C=O) groups excluding carboxylic acids is 4. The molecular formula is C39H48FN9O5. The lowest BCUT2D eigenvalue weighted by Crippen LogP contribution is -2.54. The van der Waals surface area contributed by atoms with Gasteiger partial charge in [0, 0.05) is 94.4 Å². The van der Waals surface area contributed by atoms with E-state index >= 15 is 4.39 Å². The van der Waals surface area contributed by atoms with E-state index in [1.807, 2.05) is 30.4 Å². The number of imide groups is 2. The minimum atomic E-state index is -1.08. The van der Waals surface area contributed by atoms with Crippen molar-refractivity contribution in [2.75, 3.05) is 81.5 Å². The molecule has 5 aliphatic rings. The highest BCUT2D eigenvalue weighted by atomic mass is 19.1. The summed E-state index contributed by atoms with van der Waals surface area (Å²) in [7, 11) is 3.57. The number of nitrogens with two attached hydrogens (primary N) is 1. The molecule has 54 heavy (non-hydrogen) atoms. The second-order valence-electron chi connectivity index (χ2n) is 15.3. The SMILES string of the molecule is COc1cc(N2CCN(C3CCN(CC4CCN(c5cc6c(cc5F)C(=O)N(C5CCC(=O)NC5=O)C6=O)CC4)CC3)CC2)c(-c2cnn(C)c2)cc1N. The summed E-state index contributed by atoms with van der Waals surface area (Å²) in [6, 6.07) is 6.13. The van der Waals surface area contributed by atoms with Gasteiger partial charge >= 0.3 is 0 Å². The summed E-state index contributed by atoms with van der Waals surface area (Å²) in [6.07, 6.45) is 8.07. The average molecular weight is 742 g/mol. The number of fused-ring (bicyclic) bond motifs is 1. The molecule has 8 rings (SSSR count). The van der Waals surface area contributed by atoms with Crippen molar-refractivity contribution in [3.05, 3.63) is 53.6 Å². The summed E-state index contributed by atoms with van der Waals surface area (Å²) >= 11 is 0. The van der Waals surface area contributed by atoms with Crippen molar-refractivity contribution in [3.63, 3.8) is 0 Å². The highest BCUT2D eigenvalue weighted by Gasteiger charge is 2.45. The summed E-state index contributed by atoms with van der Waals surface area (Å²) in [5.74, 6) is -1.81. The first-order valence-corrected chi connectivity index (χ1v) is 19.1. The van der Waals surface area contributed by atoms with Gasteiger partial charge in [-0.3, -0.25) is 39.0 Å². The Kier molecular flexibility index (Phi) is 9.77. The van der Waals surface area contributed by atoms with Crippen LogP contribution in [-0.4, -0.2) is 126 Å². The number of likely N-dealkylation sites (tertiary alicyclic amines) is 1. The first kappa shape index (κ1) is 36.0. The molecule has 2 aromatic carbocycles. The molecule has 0 spiro atoms. The maximum absolute atomic E-state index is 15.5. The Hall–Kier alpha value is -5.02. The number of carbonyl (C=O) groups is 4. The Morgan fingerprint density at radius 3 is 2.17 bits per heavy atom. The fourth-order valence-corrected chi connectivity index (χ4v) is 9.05. The molecule has 1 aromatic heterocycles. The van der Waals surface area contributed by atoms with Crippen LogP contribution < -0.4 is 25.6 Å². The number of aromatic nitrogens is 2. The largest absolute Gasteiger partial charge is 0.495 e. The van der Waals surface area contributed by atoms with Crippen LogP contribution in [0.15, 0.2) is 36.7 Å². The third-order valence-corrected chi connectivity index (χ3v) is 12.1. The summed E-state index contributed by atoms with van der Waals surface area (Å²) in [6.45, 7) is 8.29. The number of nitrogen functional groups attached to an aromatic ring is 1. The molecule has 14 nitrogen and oxygen atoms in total. The molecule has 0 radical (unpaired) electrons. The third kappa shape index (κ3) is 6.79. The molecule has 0 aliphatic carbocycles. The topological polar surface area (TPSA) is 150 Å². The molecule has 4 fully saturated rings. The van der Waals surface area contributed by atoms with Crippen molar-refractivity contribution >= 4 is 40.7 Å². The van der Waals surface area contributed by atoms with Crippen LogP contribution in [0.1, 0.15) is 59.2 Å². The van der Waals surface area contributed by atoms with Crippen LogP contribution in [-0.2, 0) is 16.6 Å². The van der Waals surface area contributed by atoms with Crippen molar-refractivity contribution in [1.82, 2.24) is 29.8 Å². The predicted octanol–water partition coefficient (Wildman–Crippen LogP) is 2.72. The summed E-state index contributed by atoms with van der Waals surface area (Å²) in [5, 5.41) is 6.57. The number of methoxy groups -OCH3 is 1. The van der Waals surface area contributed by atoms with Crippen molar-refractivity contribution in [2.24, 2.45) is 13.0 Å². The van der Waals surface area contributed by atoms with Gasteiger partial charge in [0.2, 0.25) is 11.8 Å². The minimum absolute atomic E-state index is 0.0331. The Morgan fingerprint density at radius 2 is 1.52 bits per heavy atom. The van der Waals surface area contributed by atoms with E-state index in [0.717, 1.165) is 99.3 Å². The first-order chi connectivity index (χ1) is 26.1. The monoisotopic (exact) mass is 741 g/mol. The second kappa shape index (κ2) is 14.7. The van der Waals surface area contributed by atoms with E-state index in [4.69, 9.17) is 10.5 Å². The van der Waals surface area contributed by atoms with Crippen molar-refractivity contribution in [1.29, 1.82) is 0 Å². The highest BCUT2D eigenvalue weighted by Crippen LogP contribution is 2.39. The number of hydrogen-bond donors (Lipinski definition) is 2. The minimum Gasteiger partial charge on any atom is -0.495 e. The molecule has 3 N–H and O–H groups in total. The van der Waals surface area contributed by atoms with E-state index in [1.54, 1.807) is 11.8 Å². The Labute approximate surface area is 313 Å². The van der Waals surface area contributed by atoms with Gasteiger partial charge in [0.15, 0.2) is 0 Å². The van der Waals surface area contributed by atoms with E-state index in [9.17, 15) is 19.2 Å². The molecule has 15 heteroatoms. The van der Waals surface area contributed by atoms with Gasteiger partial charge in [0.05, 0.1) is 35.8 Å². The second-order valence-corrected chi connectivity index (χ2v) is 15.3. The quantitative estimate of drug-likeness (QED) is 0.259.